The summed E-state index contributed by atoms with van der Waals surface area (Å²) in [4.78, 5) is 34.6. The van der Waals surface area contributed by atoms with Gasteiger partial charge in [-0.15, -0.1) is 0 Å². The van der Waals surface area contributed by atoms with Crippen molar-refractivity contribution in [3.05, 3.63) is 0 Å². The zero-order chi connectivity index (χ0) is 14.3. The van der Waals surface area contributed by atoms with Crippen molar-refractivity contribution in [1.29, 1.82) is 0 Å². The van der Waals surface area contributed by atoms with E-state index in [9.17, 15) is 14.4 Å². The van der Waals surface area contributed by atoms with Crippen LogP contribution in [0.25, 0.3) is 0 Å². The van der Waals surface area contributed by atoms with E-state index in [1.54, 1.807) is 14.1 Å². The molecule has 0 radical (unpaired) electrons. The van der Waals surface area contributed by atoms with E-state index >= 15 is 0 Å². The van der Waals surface area contributed by atoms with Gasteiger partial charge >= 0.3 is 18.0 Å². The van der Waals surface area contributed by atoms with Crippen LogP contribution in [0, 0.1) is 0 Å². The third-order valence-electron chi connectivity index (χ3n) is 2.05. The van der Waals surface area contributed by atoms with Gasteiger partial charge in [0.05, 0.1) is 0 Å². The minimum atomic E-state index is -1.34. The van der Waals surface area contributed by atoms with Gasteiger partial charge in [-0.3, -0.25) is 0 Å². The minimum Gasteiger partial charge on any atom is -0.480 e. The van der Waals surface area contributed by atoms with Crippen LogP contribution in [0.1, 0.15) is 13.8 Å². The number of aliphatic carboxylic acids is 1. The van der Waals surface area contributed by atoms with Crippen LogP contribution in [0.15, 0.2) is 0 Å². The summed E-state index contributed by atoms with van der Waals surface area (Å²) in [5.74, 6) is -1.13. The molecule has 0 unspecified atom stereocenters. The molecule has 0 aliphatic heterocycles. The quantitative estimate of drug-likeness (QED) is 0.495. The highest BCUT2D eigenvalue weighted by Gasteiger charge is 2.28. The van der Waals surface area contributed by atoms with E-state index in [2.05, 4.69) is 16.0 Å². The average Bonchev–Trinajstić information content (AvgIpc) is 2.22. The summed E-state index contributed by atoms with van der Waals surface area (Å²) in [6, 6.07) is -0.857. The summed E-state index contributed by atoms with van der Waals surface area (Å²) in [6.45, 7) is 3.23. The van der Waals surface area contributed by atoms with E-state index < -0.39 is 17.5 Å². The molecule has 8 heteroatoms. The normalized spacial score (nSPS) is 10.4. The topological polar surface area (TPSA) is 111 Å². The number of rotatable bonds is 5. The van der Waals surface area contributed by atoms with Crippen LogP contribution in [0.5, 0.6) is 0 Å². The van der Waals surface area contributed by atoms with Gasteiger partial charge in [0.1, 0.15) is 5.54 Å². The summed E-state index contributed by atoms with van der Waals surface area (Å²) >= 11 is 0. The Bertz CT molecular complexity index is 328. The maximum Gasteiger partial charge on any atom is 0.328 e. The lowest BCUT2D eigenvalue weighted by Crippen LogP contribution is -2.54. The number of nitrogens with one attached hydrogen (secondary N) is 3. The van der Waals surface area contributed by atoms with Crippen molar-refractivity contribution in [2.45, 2.75) is 19.4 Å². The van der Waals surface area contributed by atoms with Gasteiger partial charge in [0.25, 0.3) is 0 Å². The SMILES string of the molecule is CN(C)C(=O)NCCNC(=O)NC(C)(C)C(=O)O. The van der Waals surface area contributed by atoms with Gasteiger partial charge in [-0.05, 0) is 13.8 Å². The highest BCUT2D eigenvalue weighted by atomic mass is 16.4. The largest absolute Gasteiger partial charge is 0.480 e. The van der Waals surface area contributed by atoms with Crippen molar-refractivity contribution in [1.82, 2.24) is 20.9 Å². The zero-order valence-corrected chi connectivity index (χ0v) is 11.0. The molecule has 18 heavy (non-hydrogen) atoms. The second-order valence-electron chi connectivity index (χ2n) is 4.44. The van der Waals surface area contributed by atoms with E-state index in [1.165, 1.54) is 18.7 Å². The molecule has 0 aliphatic carbocycles. The molecule has 0 aromatic carbocycles. The van der Waals surface area contributed by atoms with Gasteiger partial charge in [-0.2, -0.15) is 0 Å². The van der Waals surface area contributed by atoms with Crippen LogP contribution >= 0.6 is 0 Å². The van der Waals surface area contributed by atoms with Crippen molar-refractivity contribution in [2.75, 3.05) is 27.2 Å². The molecule has 0 fully saturated rings. The average molecular weight is 260 g/mol. The lowest BCUT2D eigenvalue weighted by Gasteiger charge is -2.21. The van der Waals surface area contributed by atoms with Crippen LogP contribution in [0.2, 0.25) is 0 Å². The van der Waals surface area contributed by atoms with Crippen molar-refractivity contribution in [2.24, 2.45) is 0 Å². The molecule has 8 nitrogen and oxygen atoms in total. The molecule has 0 heterocycles. The fourth-order valence-corrected chi connectivity index (χ4v) is 0.885. The van der Waals surface area contributed by atoms with Gasteiger partial charge in [0.15, 0.2) is 0 Å². The van der Waals surface area contributed by atoms with Crippen LogP contribution < -0.4 is 16.0 Å². The smallest absolute Gasteiger partial charge is 0.328 e. The summed E-state index contributed by atoms with van der Waals surface area (Å²) in [7, 11) is 3.20. The van der Waals surface area contributed by atoms with Crippen LogP contribution in [-0.4, -0.2) is 60.8 Å². The Balaban J connectivity index is 3.86. The van der Waals surface area contributed by atoms with Crippen LogP contribution in [0.3, 0.4) is 0 Å². The number of carboxylic acid groups (broad SMARTS) is 1. The van der Waals surface area contributed by atoms with E-state index in [4.69, 9.17) is 5.11 Å². The summed E-state index contributed by atoms with van der Waals surface area (Å²) in [6.07, 6.45) is 0. The molecule has 104 valence electrons. The molecular weight excluding hydrogens is 240 g/mol. The first-order valence-corrected chi connectivity index (χ1v) is 5.41. The monoisotopic (exact) mass is 260 g/mol. The van der Waals surface area contributed by atoms with Crippen molar-refractivity contribution in [3.63, 3.8) is 0 Å². The molecule has 0 bridgehead atoms. The Morgan fingerprint density at radius 3 is 2.06 bits per heavy atom. The molecule has 4 N–H and O–H groups in total. The number of carbonyl (C=O) groups excluding carboxylic acids is 2. The Kier molecular flexibility index (Phi) is 5.94. The first-order chi connectivity index (χ1) is 8.16. The first-order valence-electron chi connectivity index (χ1n) is 5.41. The third kappa shape index (κ3) is 5.92. The van der Waals surface area contributed by atoms with Gasteiger partial charge in [-0.25, -0.2) is 14.4 Å². The highest BCUT2D eigenvalue weighted by Crippen LogP contribution is 2.00. The molecule has 0 rings (SSSR count). The van der Waals surface area contributed by atoms with Crippen LogP contribution in [0.4, 0.5) is 9.59 Å². The predicted octanol–water partition coefficient (Wildman–Crippen LogP) is -0.580. The van der Waals surface area contributed by atoms with E-state index in [-0.39, 0.29) is 19.1 Å². The molecule has 0 spiro atoms. The number of carbonyl (C=O) groups is 3. The lowest BCUT2D eigenvalue weighted by molar-refractivity contribution is -0.142. The fourth-order valence-electron chi connectivity index (χ4n) is 0.885. The molecule has 0 aromatic heterocycles. The number of amides is 4. The fraction of sp³-hybridized carbons (Fsp3) is 0.700. The highest BCUT2D eigenvalue weighted by molar-refractivity contribution is 5.85. The number of hydrogen-bond acceptors (Lipinski definition) is 3. The summed E-state index contributed by atoms with van der Waals surface area (Å²) in [5, 5.41) is 16.1. The van der Waals surface area contributed by atoms with Crippen LogP contribution in [-0.2, 0) is 4.79 Å². The lowest BCUT2D eigenvalue weighted by atomic mass is 10.1. The number of hydrogen-bond donors (Lipinski definition) is 4. The van der Waals surface area contributed by atoms with Gasteiger partial charge in [0, 0.05) is 27.2 Å². The van der Waals surface area contributed by atoms with Gasteiger partial charge in [0.2, 0.25) is 0 Å². The van der Waals surface area contributed by atoms with E-state index in [0.717, 1.165) is 0 Å². The van der Waals surface area contributed by atoms with Crippen molar-refractivity contribution >= 4 is 18.0 Å². The summed E-state index contributed by atoms with van der Waals surface area (Å²) < 4.78 is 0. The second-order valence-corrected chi connectivity index (χ2v) is 4.44. The molecule has 0 aliphatic rings. The number of nitrogens with zero attached hydrogens (tertiary/aromatic N) is 1. The van der Waals surface area contributed by atoms with E-state index in [0.29, 0.717) is 0 Å². The Labute approximate surface area is 106 Å². The molecule has 4 amide bonds. The standard InChI is InChI=1S/C10H20N4O4/c1-10(2,7(15)16)13-8(17)11-5-6-12-9(18)14(3)4/h5-6H2,1-4H3,(H,12,18)(H,15,16)(H2,11,13,17). The molecule has 0 saturated carbocycles. The van der Waals surface area contributed by atoms with Crippen molar-refractivity contribution < 1.29 is 19.5 Å². The number of urea groups is 2. The van der Waals surface area contributed by atoms with E-state index in [1.807, 2.05) is 0 Å². The maximum atomic E-state index is 11.3. The second kappa shape index (κ2) is 6.67. The molecular formula is C10H20N4O4. The Morgan fingerprint density at radius 1 is 1.11 bits per heavy atom. The maximum absolute atomic E-state index is 11.3. The third-order valence-corrected chi connectivity index (χ3v) is 2.05. The zero-order valence-electron chi connectivity index (χ0n) is 11.0. The van der Waals surface area contributed by atoms with Gasteiger partial charge < -0.3 is 26.0 Å². The van der Waals surface area contributed by atoms with Crippen molar-refractivity contribution in [3.8, 4) is 0 Å². The summed E-state index contributed by atoms with van der Waals surface area (Å²) in [5.41, 5.74) is -1.34. The number of carboxylic acids is 1. The molecule has 0 aromatic rings. The first kappa shape index (κ1) is 16.0. The Morgan fingerprint density at radius 2 is 1.61 bits per heavy atom. The Hall–Kier alpha value is -1.99. The van der Waals surface area contributed by atoms with Gasteiger partial charge in [-0.1, -0.05) is 0 Å². The predicted molar refractivity (Wildman–Crippen MR) is 65.3 cm³/mol. The molecule has 0 atom stereocenters. The minimum absolute atomic E-state index is 0.209. The molecule has 0 saturated heterocycles.